The topological polar surface area (TPSA) is 44.3 Å². The normalized spacial score (nSPS) is 17.5. The Labute approximate surface area is 122 Å². The maximum absolute atomic E-state index is 4.51. The van der Waals surface area contributed by atoms with Crippen LogP contribution >= 0.6 is 0 Å². The molecule has 0 radical (unpaired) electrons. The molecule has 0 unspecified atom stereocenters. The van der Waals surface area contributed by atoms with Crippen molar-refractivity contribution in [1.29, 1.82) is 0 Å². The molecule has 1 aliphatic heterocycles. The van der Waals surface area contributed by atoms with E-state index in [-0.39, 0.29) is 5.54 Å². The first-order valence-corrected chi connectivity index (χ1v) is 7.51. The second-order valence-electron chi connectivity index (χ2n) is 6.42. The summed E-state index contributed by atoms with van der Waals surface area (Å²) in [5, 5.41) is 3.45. The van der Waals surface area contributed by atoms with E-state index in [2.05, 4.69) is 52.8 Å². The molecule has 0 atom stereocenters. The molecule has 0 aromatic carbocycles. The number of hydrogen-bond acceptors (Lipinski definition) is 5. The number of anilines is 1. The van der Waals surface area contributed by atoms with Crippen LogP contribution in [0.15, 0.2) is 12.4 Å². The van der Waals surface area contributed by atoms with Gasteiger partial charge in [-0.15, -0.1) is 0 Å². The lowest BCUT2D eigenvalue weighted by atomic mass is 10.1. The second-order valence-corrected chi connectivity index (χ2v) is 6.42. The third kappa shape index (κ3) is 4.42. The summed E-state index contributed by atoms with van der Waals surface area (Å²) in [5.41, 5.74) is 1.26. The van der Waals surface area contributed by atoms with E-state index < -0.39 is 0 Å². The maximum Gasteiger partial charge on any atom is 0.225 e. The van der Waals surface area contributed by atoms with Crippen LogP contribution in [-0.4, -0.2) is 53.1 Å². The summed E-state index contributed by atoms with van der Waals surface area (Å²) in [7, 11) is 0. The molecule has 5 heteroatoms. The van der Waals surface area contributed by atoms with Crippen LogP contribution < -0.4 is 10.2 Å². The highest BCUT2D eigenvalue weighted by Gasteiger charge is 2.17. The van der Waals surface area contributed by atoms with Gasteiger partial charge in [-0.25, -0.2) is 9.97 Å². The predicted molar refractivity (Wildman–Crippen MR) is 83.0 cm³/mol. The first kappa shape index (κ1) is 15.2. The Balaban J connectivity index is 1.88. The van der Waals surface area contributed by atoms with Crippen LogP contribution in [0, 0.1) is 0 Å². The van der Waals surface area contributed by atoms with Crippen molar-refractivity contribution in [3.63, 3.8) is 0 Å². The standard InChI is InChI=1S/C15H27N5/c1-5-19-6-8-20(9-7-19)14-16-10-13(11-17-14)12-18-15(2,3)4/h10-11,18H,5-9,12H2,1-4H3. The van der Waals surface area contributed by atoms with Crippen molar-refractivity contribution in [2.24, 2.45) is 0 Å². The molecule has 1 N–H and O–H groups in total. The minimum Gasteiger partial charge on any atom is -0.338 e. The van der Waals surface area contributed by atoms with Crippen LogP contribution in [0.3, 0.4) is 0 Å². The van der Waals surface area contributed by atoms with E-state index in [0.717, 1.165) is 50.8 Å². The molecular formula is C15H27N5. The molecule has 20 heavy (non-hydrogen) atoms. The van der Waals surface area contributed by atoms with Crippen LogP contribution in [0.5, 0.6) is 0 Å². The van der Waals surface area contributed by atoms with Crippen LogP contribution in [0.1, 0.15) is 33.3 Å². The van der Waals surface area contributed by atoms with Crippen LogP contribution in [0.4, 0.5) is 5.95 Å². The van der Waals surface area contributed by atoms with Crippen LogP contribution in [0.25, 0.3) is 0 Å². The monoisotopic (exact) mass is 277 g/mol. The van der Waals surface area contributed by atoms with Gasteiger partial charge >= 0.3 is 0 Å². The van der Waals surface area contributed by atoms with Crippen LogP contribution in [0.2, 0.25) is 0 Å². The van der Waals surface area contributed by atoms with E-state index in [1.807, 2.05) is 12.4 Å². The van der Waals surface area contributed by atoms with Gasteiger partial charge in [-0.3, -0.25) is 0 Å². The Hall–Kier alpha value is -1.20. The van der Waals surface area contributed by atoms with E-state index in [1.54, 1.807) is 0 Å². The second kappa shape index (κ2) is 6.50. The van der Waals surface area contributed by atoms with Gasteiger partial charge in [0.25, 0.3) is 0 Å². The number of rotatable bonds is 4. The highest BCUT2D eigenvalue weighted by molar-refractivity contribution is 5.30. The van der Waals surface area contributed by atoms with Crippen LogP contribution in [-0.2, 0) is 6.54 Å². The number of aromatic nitrogens is 2. The number of hydrogen-bond donors (Lipinski definition) is 1. The molecule has 112 valence electrons. The fourth-order valence-electron chi connectivity index (χ4n) is 2.23. The third-order valence-corrected chi connectivity index (χ3v) is 3.62. The quantitative estimate of drug-likeness (QED) is 0.904. The van der Waals surface area contributed by atoms with Crippen molar-refractivity contribution in [3.05, 3.63) is 18.0 Å². The molecule has 1 fully saturated rings. The molecule has 2 heterocycles. The summed E-state index contributed by atoms with van der Waals surface area (Å²) in [6.07, 6.45) is 3.88. The fraction of sp³-hybridized carbons (Fsp3) is 0.733. The molecule has 1 aromatic heterocycles. The lowest BCUT2D eigenvalue weighted by Crippen LogP contribution is -2.46. The lowest BCUT2D eigenvalue weighted by Gasteiger charge is -2.34. The number of nitrogens with zero attached hydrogens (tertiary/aromatic N) is 4. The average Bonchev–Trinajstić information content (AvgIpc) is 2.45. The zero-order valence-electron chi connectivity index (χ0n) is 13.2. The summed E-state index contributed by atoms with van der Waals surface area (Å²) in [5.74, 6) is 0.861. The number of likely N-dealkylation sites (N-methyl/N-ethyl adjacent to an activating group) is 1. The molecule has 0 saturated carbocycles. The summed E-state index contributed by atoms with van der Waals surface area (Å²) < 4.78 is 0. The fourth-order valence-corrected chi connectivity index (χ4v) is 2.23. The van der Waals surface area contributed by atoms with Gasteiger partial charge in [0.05, 0.1) is 0 Å². The Morgan fingerprint density at radius 1 is 1.10 bits per heavy atom. The molecule has 0 amide bonds. The highest BCUT2D eigenvalue weighted by atomic mass is 15.3. The lowest BCUT2D eigenvalue weighted by molar-refractivity contribution is 0.270. The smallest absolute Gasteiger partial charge is 0.225 e. The summed E-state index contributed by atoms with van der Waals surface area (Å²) >= 11 is 0. The first-order chi connectivity index (χ1) is 9.48. The Kier molecular flexibility index (Phi) is 4.94. The number of piperazine rings is 1. The summed E-state index contributed by atoms with van der Waals surface area (Å²) in [6.45, 7) is 14.9. The Morgan fingerprint density at radius 3 is 2.20 bits per heavy atom. The predicted octanol–water partition coefficient (Wildman–Crippen LogP) is 1.51. The maximum atomic E-state index is 4.51. The largest absolute Gasteiger partial charge is 0.338 e. The zero-order valence-corrected chi connectivity index (χ0v) is 13.2. The molecule has 1 aromatic rings. The minimum atomic E-state index is 0.120. The molecule has 0 spiro atoms. The molecule has 1 aliphatic rings. The highest BCUT2D eigenvalue weighted by Crippen LogP contribution is 2.11. The molecule has 0 bridgehead atoms. The molecule has 2 rings (SSSR count). The molecule has 0 aliphatic carbocycles. The first-order valence-electron chi connectivity index (χ1n) is 7.51. The van der Waals surface area contributed by atoms with Gasteiger partial charge < -0.3 is 15.1 Å². The van der Waals surface area contributed by atoms with E-state index in [9.17, 15) is 0 Å². The van der Waals surface area contributed by atoms with E-state index in [0.29, 0.717) is 0 Å². The van der Waals surface area contributed by atoms with Crippen molar-refractivity contribution in [2.75, 3.05) is 37.6 Å². The Morgan fingerprint density at radius 2 is 1.70 bits per heavy atom. The van der Waals surface area contributed by atoms with Crippen molar-refractivity contribution in [2.45, 2.75) is 39.8 Å². The van der Waals surface area contributed by atoms with Crippen molar-refractivity contribution in [3.8, 4) is 0 Å². The van der Waals surface area contributed by atoms with E-state index in [4.69, 9.17) is 0 Å². The SMILES string of the molecule is CCN1CCN(c2ncc(CNC(C)(C)C)cn2)CC1. The van der Waals surface area contributed by atoms with Gasteiger partial charge in [0, 0.05) is 56.2 Å². The van der Waals surface area contributed by atoms with Crippen molar-refractivity contribution < 1.29 is 0 Å². The average molecular weight is 277 g/mol. The zero-order chi connectivity index (χ0) is 14.6. The molecule has 1 saturated heterocycles. The van der Waals surface area contributed by atoms with Gasteiger partial charge in [-0.1, -0.05) is 6.92 Å². The van der Waals surface area contributed by atoms with Gasteiger partial charge in [0.1, 0.15) is 0 Å². The third-order valence-electron chi connectivity index (χ3n) is 3.62. The van der Waals surface area contributed by atoms with Crippen molar-refractivity contribution in [1.82, 2.24) is 20.2 Å². The minimum absolute atomic E-state index is 0.120. The molecular weight excluding hydrogens is 250 g/mol. The Bertz CT molecular complexity index is 401. The van der Waals surface area contributed by atoms with Gasteiger partial charge in [0.15, 0.2) is 0 Å². The van der Waals surface area contributed by atoms with Gasteiger partial charge in [-0.05, 0) is 27.3 Å². The summed E-state index contributed by atoms with van der Waals surface area (Å²) in [4.78, 5) is 13.7. The van der Waals surface area contributed by atoms with E-state index in [1.165, 1.54) is 0 Å². The van der Waals surface area contributed by atoms with Gasteiger partial charge in [0.2, 0.25) is 5.95 Å². The molecule has 5 nitrogen and oxygen atoms in total. The van der Waals surface area contributed by atoms with Gasteiger partial charge in [-0.2, -0.15) is 0 Å². The summed E-state index contributed by atoms with van der Waals surface area (Å²) in [6, 6.07) is 0. The van der Waals surface area contributed by atoms with E-state index >= 15 is 0 Å². The van der Waals surface area contributed by atoms with Crippen molar-refractivity contribution >= 4 is 5.95 Å². The number of nitrogens with one attached hydrogen (secondary N) is 1.